The lowest BCUT2D eigenvalue weighted by Gasteiger charge is -2.22. The summed E-state index contributed by atoms with van der Waals surface area (Å²) in [5, 5.41) is 14.5. The predicted octanol–water partition coefficient (Wildman–Crippen LogP) is 2.36. The van der Waals surface area contributed by atoms with Crippen molar-refractivity contribution in [3.63, 3.8) is 0 Å². The van der Waals surface area contributed by atoms with Crippen molar-refractivity contribution < 1.29 is 32.3 Å². The molecule has 2 N–H and O–H groups in total. The van der Waals surface area contributed by atoms with Gasteiger partial charge < -0.3 is 14.8 Å². The highest BCUT2D eigenvalue weighted by Gasteiger charge is 2.45. The Labute approximate surface area is 134 Å². The van der Waals surface area contributed by atoms with E-state index in [1.807, 2.05) is 5.32 Å². The second-order valence-corrected chi connectivity index (χ2v) is 5.13. The molecule has 0 spiro atoms. The van der Waals surface area contributed by atoms with E-state index < -0.39 is 35.6 Å². The molecule has 0 radical (unpaired) electrons. The average molecular weight is 345 g/mol. The number of aryl methyl sites for hydroxylation is 2. The molecular weight excluding hydrogens is 331 g/mol. The number of furan rings is 1. The molecule has 1 atom stereocenters. The molecule has 2 rings (SSSR count). The number of carbonyl (C=O) groups is 2. The van der Waals surface area contributed by atoms with E-state index in [0.717, 1.165) is 12.1 Å². The fourth-order valence-electron chi connectivity index (χ4n) is 2.30. The predicted molar refractivity (Wildman–Crippen MR) is 74.6 cm³/mol. The number of aromatic nitrogens is 2. The van der Waals surface area contributed by atoms with Crippen LogP contribution >= 0.6 is 0 Å². The highest BCUT2D eigenvalue weighted by atomic mass is 19.4. The Hall–Kier alpha value is -2.78. The van der Waals surface area contributed by atoms with Crippen LogP contribution in [-0.2, 0) is 7.05 Å². The van der Waals surface area contributed by atoms with E-state index in [1.165, 1.54) is 25.6 Å². The van der Waals surface area contributed by atoms with Crippen LogP contribution in [0.25, 0.3) is 0 Å². The molecule has 130 valence electrons. The van der Waals surface area contributed by atoms with E-state index in [-0.39, 0.29) is 17.0 Å². The molecule has 10 heteroatoms. The summed E-state index contributed by atoms with van der Waals surface area (Å²) in [7, 11) is 1.49. The standard InChI is InChI=1S/C14H14F3N3O4/c1-6-10(7(2)20(3)19-6)11(14(15,16)17)18-12(21)8-4-5-9(24-8)13(22)23/h4-5,11H,1-3H3,(H,18,21)(H,22,23). The Morgan fingerprint density at radius 2 is 1.88 bits per heavy atom. The summed E-state index contributed by atoms with van der Waals surface area (Å²) in [6, 6.07) is -0.313. The number of carboxylic acid groups (broad SMARTS) is 1. The van der Waals surface area contributed by atoms with Crippen LogP contribution in [0.15, 0.2) is 16.5 Å². The molecule has 2 heterocycles. The summed E-state index contributed by atoms with van der Waals surface area (Å²) < 4.78 is 46.2. The minimum atomic E-state index is -4.77. The maximum atomic E-state index is 13.4. The molecule has 2 aromatic heterocycles. The van der Waals surface area contributed by atoms with Gasteiger partial charge in [-0.3, -0.25) is 9.48 Å². The van der Waals surface area contributed by atoms with Crippen molar-refractivity contribution in [2.45, 2.75) is 26.1 Å². The van der Waals surface area contributed by atoms with Crippen molar-refractivity contribution in [2.24, 2.45) is 7.05 Å². The summed E-state index contributed by atoms with van der Waals surface area (Å²) in [6.07, 6.45) is -4.77. The smallest absolute Gasteiger partial charge is 0.413 e. The number of nitrogens with one attached hydrogen (secondary N) is 1. The third-order valence-corrected chi connectivity index (χ3v) is 3.50. The van der Waals surface area contributed by atoms with Crippen molar-refractivity contribution in [3.05, 3.63) is 40.6 Å². The lowest BCUT2D eigenvalue weighted by atomic mass is 10.0. The number of hydrogen-bond acceptors (Lipinski definition) is 4. The molecule has 0 aliphatic carbocycles. The summed E-state index contributed by atoms with van der Waals surface area (Å²) in [5.41, 5.74) is 0.215. The number of rotatable bonds is 4. The van der Waals surface area contributed by atoms with Gasteiger partial charge in [0, 0.05) is 18.3 Å². The molecule has 7 nitrogen and oxygen atoms in total. The topological polar surface area (TPSA) is 97.4 Å². The molecular formula is C14H14F3N3O4. The molecule has 0 bridgehead atoms. The number of carbonyl (C=O) groups excluding carboxylic acids is 1. The Morgan fingerprint density at radius 1 is 1.29 bits per heavy atom. The number of halogens is 3. The largest absolute Gasteiger partial charge is 0.475 e. The Morgan fingerprint density at radius 3 is 2.29 bits per heavy atom. The minimum absolute atomic E-state index is 0.128. The van der Waals surface area contributed by atoms with Gasteiger partial charge in [-0.25, -0.2) is 4.79 Å². The van der Waals surface area contributed by atoms with Crippen LogP contribution < -0.4 is 5.32 Å². The maximum absolute atomic E-state index is 13.4. The summed E-state index contributed by atoms with van der Waals surface area (Å²) in [5.74, 6) is -3.67. The molecule has 0 aromatic carbocycles. The van der Waals surface area contributed by atoms with E-state index in [4.69, 9.17) is 9.52 Å². The highest BCUT2D eigenvalue weighted by molar-refractivity contribution is 5.93. The van der Waals surface area contributed by atoms with Crippen molar-refractivity contribution in [1.29, 1.82) is 0 Å². The van der Waals surface area contributed by atoms with E-state index in [1.54, 1.807) is 0 Å². The lowest BCUT2D eigenvalue weighted by molar-refractivity contribution is -0.155. The molecule has 0 saturated heterocycles. The molecule has 0 saturated carbocycles. The maximum Gasteiger partial charge on any atom is 0.413 e. The van der Waals surface area contributed by atoms with Crippen LogP contribution in [0.1, 0.15) is 44.1 Å². The molecule has 2 aromatic rings. The van der Waals surface area contributed by atoms with Crippen LogP contribution in [0, 0.1) is 13.8 Å². The Bertz CT molecular complexity index is 792. The number of aromatic carboxylic acids is 1. The minimum Gasteiger partial charge on any atom is -0.475 e. The monoisotopic (exact) mass is 345 g/mol. The second-order valence-electron chi connectivity index (χ2n) is 5.13. The number of carboxylic acids is 1. The number of nitrogens with zero attached hydrogens (tertiary/aromatic N) is 2. The van der Waals surface area contributed by atoms with Gasteiger partial charge in [0.1, 0.15) is 0 Å². The van der Waals surface area contributed by atoms with Gasteiger partial charge in [0.2, 0.25) is 5.76 Å². The van der Waals surface area contributed by atoms with Crippen LogP contribution in [0.2, 0.25) is 0 Å². The summed E-state index contributed by atoms with van der Waals surface area (Å²) >= 11 is 0. The van der Waals surface area contributed by atoms with Crippen molar-refractivity contribution >= 4 is 11.9 Å². The molecule has 1 amide bonds. The lowest BCUT2D eigenvalue weighted by Crippen LogP contribution is -2.38. The number of amides is 1. The number of hydrogen-bond donors (Lipinski definition) is 2. The zero-order valence-corrected chi connectivity index (χ0v) is 12.9. The first-order valence-corrected chi connectivity index (χ1v) is 6.73. The van der Waals surface area contributed by atoms with Crippen LogP contribution in [0.4, 0.5) is 13.2 Å². The van der Waals surface area contributed by atoms with E-state index >= 15 is 0 Å². The third kappa shape index (κ3) is 3.26. The van der Waals surface area contributed by atoms with Crippen molar-refractivity contribution in [2.75, 3.05) is 0 Å². The van der Waals surface area contributed by atoms with Crippen LogP contribution in [0.5, 0.6) is 0 Å². The Balaban J connectivity index is 2.36. The van der Waals surface area contributed by atoms with Crippen molar-refractivity contribution in [3.8, 4) is 0 Å². The van der Waals surface area contributed by atoms with E-state index in [0.29, 0.717) is 0 Å². The van der Waals surface area contributed by atoms with Gasteiger partial charge in [0.05, 0.1) is 5.69 Å². The summed E-state index contributed by atoms with van der Waals surface area (Å²) in [6.45, 7) is 2.86. The van der Waals surface area contributed by atoms with E-state index in [9.17, 15) is 22.8 Å². The van der Waals surface area contributed by atoms with Crippen LogP contribution in [0.3, 0.4) is 0 Å². The summed E-state index contributed by atoms with van der Waals surface area (Å²) in [4.78, 5) is 22.7. The molecule has 0 aliphatic heterocycles. The normalized spacial score (nSPS) is 12.9. The molecule has 0 fully saturated rings. The Kier molecular flexibility index (Phi) is 4.41. The van der Waals surface area contributed by atoms with E-state index in [2.05, 4.69) is 5.10 Å². The zero-order valence-electron chi connectivity index (χ0n) is 12.9. The van der Waals surface area contributed by atoms with Gasteiger partial charge >= 0.3 is 12.1 Å². The number of alkyl halides is 3. The molecule has 0 aliphatic rings. The molecule has 24 heavy (non-hydrogen) atoms. The van der Waals surface area contributed by atoms with Crippen molar-refractivity contribution in [1.82, 2.24) is 15.1 Å². The van der Waals surface area contributed by atoms with Gasteiger partial charge in [-0.15, -0.1) is 0 Å². The second kappa shape index (κ2) is 6.02. The average Bonchev–Trinajstić information content (AvgIpc) is 3.02. The fraction of sp³-hybridized carbons (Fsp3) is 0.357. The quantitative estimate of drug-likeness (QED) is 0.887. The first kappa shape index (κ1) is 17.6. The molecule has 1 unspecified atom stereocenters. The first-order chi connectivity index (χ1) is 11.0. The van der Waals surface area contributed by atoms with Gasteiger partial charge in [-0.05, 0) is 26.0 Å². The van der Waals surface area contributed by atoms with Crippen LogP contribution in [-0.4, -0.2) is 32.9 Å². The van der Waals surface area contributed by atoms with Gasteiger partial charge in [0.25, 0.3) is 5.91 Å². The highest BCUT2D eigenvalue weighted by Crippen LogP contribution is 2.36. The van der Waals surface area contributed by atoms with Gasteiger partial charge in [-0.1, -0.05) is 0 Å². The van der Waals surface area contributed by atoms with Gasteiger partial charge in [-0.2, -0.15) is 18.3 Å². The zero-order chi connectivity index (χ0) is 18.2. The SMILES string of the molecule is Cc1nn(C)c(C)c1C(NC(=O)c1ccc(C(=O)O)o1)C(F)(F)F. The third-order valence-electron chi connectivity index (χ3n) is 3.50. The first-order valence-electron chi connectivity index (χ1n) is 6.73. The van der Waals surface area contributed by atoms with Gasteiger partial charge in [0.15, 0.2) is 11.8 Å². The fourth-order valence-corrected chi connectivity index (χ4v) is 2.30.